The quantitative estimate of drug-likeness (QED) is 0.167. The Morgan fingerprint density at radius 3 is 2.50 bits per heavy atom. The van der Waals surface area contributed by atoms with E-state index in [2.05, 4.69) is 37.0 Å². The highest BCUT2D eigenvalue weighted by Crippen LogP contribution is 2.40. The van der Waals surface area contributed by atoms with Crippen molar-refractivity contribution >= 4 is 5.97 Å². The fourth-order valence-corrected chi connectivity index (χ4v) is 5.62. The Hall–Kier alpha value is -1.69. The maximum atomic E-state index is 11.1. The van der Waals surface area contributed by atoms with E-state index in [1.807, 2.05) is 13.0 Å². The molecule has 0 radical (unpaired) electrons. The highest BCUT2D eigenvalue weighted by Gasteiger charge is 2.43. The van der Waals surface area contributed by atoms with E-state index in [1.165, 1.54) is 0 Å². The summed E-state index contributed by atoms with van der Waals surface area (Å²) in [5.74, 6) is 5.39. The number of carboxylic acid groups (broad SMARTS) is 1. The summed E-state index contributed by atoms with van der Waals surface area (Å²) in [6.07, 6.45) is 17.8. The minimum atomic E-state index is -0.770. The zero-order chi connectivity index (χ0) is 27.2. The van der Waals surface area contributed by atoms with Crippen molar-refractivity contribution in [3.63, 3.8) is 0 Å². The molecule has 0 aromatic carbocycles. The molecule has 7 nitrogen and oxygen atoms in total. The van der Waals surface area contributed by atoms with Gasteiger partial charge >= 0.3 is 5.97 Å². The van der Waals surface area contributed by atoms with Gasteiger partial charge in [-0.2, -0.15) is 0 Å². The maximum absolute atomic E-state index is 11.1. The van der Waals surface area contributed by atoms with Crippen LogP contribution in [-0.2, 0) is 23.7 Å². The number of aliphatic hydroxyl groups is 1. The van der Waals surface area contributed by atoms with E-state index in [0.29, 0.717) is 25.9 Å². The first-order valence-electron chi connectivity index (χ1n) is 14.6. The number of unbranched alkanes of at least 4 members (excludes halogenated alkanes) is 1. The predicted molar refractivity (Wildman–Crippen MR) is 146 cm³/mol. The van der Waals surface area contributed by atoms with Crippen molar-refractivity contribution in [2.45, 2.75) is 128 Å². The van der Waals surface area contributed by atoms with Gasteiger partial charge in [0.2, 0.25) is 0 Å². The first-order valence-corrected chi connectivity index (χ1v) is 14.6. The lowest BCUT2D eigenvalue weighted by molar-refractivity contribution is -0.208. The molecule has 2 heterocycles. The molecule has 0 bridgehead atoms. The molecular formula is C31H48O7. The summed E-state index contributed by atoms with van der Waals surface area (Å²) in [6, 6.07) is 0. The minimum Gasteiger partial charge on any atom is -0.481 e. The Kier molecular flexibility index (Phi) is 13.3. The first kappa shape index (κ1) is 30.8. The van der Waals surface area contributed by atoms with Crippen LogP contribution in [0.15, 0.2) is 24.3 Å². The number of aliphatic hydroxyl groups excluding tert-OH is 1. The Balaban J connectivity index is 1.73. The Bertz CT molecular complexity index is 816. The first-order chi connectivity index (χ1) is 18.4. The fraction of sp³-hybridized carbons (Fsp3) is 0.774. The molecule has 0 aromatic rings. The molecular weight excluding hydrogens is 484 g/mol. The minimum absolute atomic E-state index is 0.00109. The van der Waals surface area contributed by atoms with Crippen LogP contribution in [-0.4, -0.2) is 59.8 Å². The molecule has 3 fully saturated rings. The Morgan fingerprint density at radius 2 is 1.84 bits per heavy atom. The average molecular weight is 533 g/mol. The van der Waals surface area contributed by atoms with Gasteiger partial charge in [-0.25, -0.2) is 0 Å². The fourth-order valence-electron chi connectivity index (χ4n) is 5.62. The lowest BCUT2D eigenvalue weighted by atomic mass is 9.87. The molecule has 0 amide bonds. The average Bonchev–Trinajstić information content (AvgIpc) is 3.19. The van der Waals surface area contributed by atoms with E-state index < -0.39 is 17.7 Å². The third-order valence-electron chi connectivity index (χ3n) is 7.83. The monoisotopic (exact) mass is 532 g/mol. The van der Waals surface area contributed by atoms with Crippen LogP contribution in [0.25, 0.3) is 0 Å². The maximum Gasteiger partial charge on any atom is 0.303 e. The van der Waals surface area contributed by atoms with Crippen LogP contribution >= 0.6 is 0 Å². The molecule has 1 aliphatic carbocycles. The van der Waals surface area contributed by atoms with Crippen molar-refractivity contribution < 1.29 is 34.0 Å². The number of hydrogen-bond acceptors (Lipinski definition) is 6. The molecule has 2 aliphatic heterocycles. The van der Waals surface area contributed by atoms with Gasteiger partial charge in [0.05, 0.1) is 17.8 Å². The standard InChI is InChI=1S/C31H48O7/c1-3-4-11-19-31(2,38-30-17-10-13-22-36-30)20-18-25-24(14-7-5-6-8-15-28(33)34)26(32)23-27(25)37-29-16-9-12-21-35-29/h5,7,18,20,24-27,29-30,32H,6,8-17,19,21-23H2,1-2H3,(H,33,34)/t24-,25-,26+,27-,29?,30?,31?/m1/s1. The Labute approximate surface area is 228 Å². The van der Waals surface area contributed by atoms with Crippen LogP contribution in [0.5, 0.6) is 0 Å². The molecule has 214 valence electrons. The van der Waals surface area contributed by atoms with Crippen LogP contribution in [0.2, 0.25) is 0 Å². The second-order valence-electron chi connectivity index (χ2n) is 11.0. The van der Waals surface area contributed by atoms with E-state index in [4.69, 9.17) is 24.1 Å². The SMILES string of the molecule is CC#CCCC(C)(C=C[C@@H]1[C@@H](CC=CCCCC(=O)O)[C@@H](O)C[C@H]1OC1CCCCO1)OC1CCCCO1. The van der Waals surface area contributed by atoms with E-state index in [9.17, 15) is 9.90 Å². The van der Waals surface area contributed by atoms with Crippen LogP contribution < -0.4 is 0 Å². The van der Waals surface area contributed by atoms with E-state index in [0.717, 1.165) is 64.4 Å². The number of aliphatic carboxylic acids is 1. The number of carbonyl (C=O) groups is 1. The van der Waals surface area contributed by atoms with Crippen molar-refractivity contribution in [3.8, 4) is 11.8 Å². The summed E-state index contributed by atoms with van der Waals surface area (Å²) >= 11 is 0. The summed E-state index contributed by atoms with van der Waals surface area (Å²) in [4.78, 5) is 10.8. The number of allylic oxidation sites excluding steroid dienone is 2. The van der Waals surface area contributed by atoms with Gasteiger partial charge in [0.1, 0.15) is 0 Å². The van der Waals surface area contributed by atoms with Gasteiger partial charge in [0.15, 0.2) is 12.6 Å². The lowest BCUT2D eigenvalue weighted by Crippen LogP contribution is -2.36. The van der Waals surface area contributed by atoms with Crippen LogP contribution in [0.4, 0.5) is 0 Å². The Morgan fingerprint density at radius 1 is 1.11 bits per heavy atom. The summed E-state index contributed by atoms with van der Waals surface area (Å²) in [5, 5.41) is 19.9. The normalized spacial score (nSPS) is 31.8. The van der Waals surface area contributed by atoms with Crippen molar-refractivity contribution in [3.05, 3.63) is 24.3 Å². The number of hydrogen-bond donors (Lipinski definition) is 2. The van der Waals surface area contributed by atoms with Crippen LogP contribution in [0, 0.1) is 23.7 Å². The predicted octanol–water partition coefficient (Wildman–Crippen LogP) is 5.76. The zero-order valence-electron chi connectivity index (χ0n) is 23.3. The highest BCUT2D eigenvalue weighted by molar-refractivity contribution is 5.66. The second kappa shape index (κ2) is 16.4. The second-order valence-corrected chi connectivity index (χ2v) is 11.0. The molecule has 38 heavy (non-hydrogen) atoms. The number of ether oxygens (including phenoxy) is 4. The summed E-state index contributed by atoms with van der Waals surface area (Å²) in [6.45, 7) is 5.40. The topological polar surface area (TPSA) is 94.5 Å². The van der Waals surface area contributed by atoms with Gasteiger partial charge in [-0.05, 0) is 84.0 Å². The van der Waals surface area contributed by atoms with Gasteiger partial charge < -0.3 is 29.2 Å². The van der Waals surface area contributed by atoms with Crippen molar-refractivity contribution in [1.29, 1.82) is 0 Å². The van der Waals surface area contributed by atoms with Crippen molar-refractivity contribution in [2.75, 3.05) is 13.2 Å². The van der Waals surface area contributed by atoms with Gasteiger partial charge in [0, 0.05) is 38.4 Å². The van der Waals surface area contributed by atoms with Gasteiger partial charge in [-0.1, -0.05) is 24.3 Å². The molecule has 7 atom stereocenters. The smallest absolute Gasteiger partial charge is 0.303 e. The number of carboxylic acids is 1. The van der Waals surface area contributed by atoms with Crippen molar-refractivity contribution in [1.82, 2.24) is 0 Å². The number of rotatable bonds is 14. The van der Waals surface area contributed by atoms with E-state index in [1.54, 1.807) is 0 Å². The van der Waals surface area contributed by atoms with Crippen molar-refractivity contribution in [2.24, 2.45) is 11.8 Å². The highest BCUT2D eigenvalue weighted by atomic mass is 16.7. The van der Waals surface area contributed by atoms with E-state index >= 15 is 0 Å². The molecule has 3 aliphatic rings. The third-order valence-corrected chi connectivity index (χ3v) is 7.83. The molecule has 0 spiro atoms. The van der Waals surface area contributed by atoms with E-state index in [-0.39, 0.29) is 36.9 Å². The lowest BCUT2D eigenvalue weighted by Gasteiger charge is -2.34. The molecule has 7 heteroatoms. The molecule has 3 rings (SSSR count). The molecule has 1 saturated carbocycles. The summed E-state index contributed by atoms with van der Waals surface area (Å²) in [7, 11) is 0. The van der Waals surface area contributed by atoms with Gasteiger partial charge in [0.25, 0.3) is 0 Å². The molecule has 2 saturated heterocycles. The summed E-state index contributed by atoms with van der Waals surface area (Å²) < 4.78 is 24.7. The summed E-state index contributed by atoms with van der Waals surface area (Å²) in [5.41, 5.74) is -0.539. The van der Waals surface area contributed by atoms with Gasteiger partial charge in [-0.3, -0.25) is 4.79 Å². The largest absolute Gasteiger partial charge is 0.481 e. The van der Waals surface area contributed by atoms with Gasteiger partial charge in [-0.15, -0.1) is 11.8 Å². The molecule has 3 unspecified atom stereocenters. The third kappa shape index (κ3) is 10.5. The zero-order valence-corrected chi connectivity index (χ0v) is 23.3. The van der Waals surface area contributed by atoms with Crippen LogP contribution in [0.1, 0.15) is 97.3 Å². The molecule has 2 N–H and O–H groups in total. The molecule has 0 aromatic heterocycles. The van der Waals surface area contributed by atoms with Crippen LogP contribution in [0.3, 0.4) is 0 Å².